The van der Waals surface area contributed by atoms with Crippen molar-refractivity contribution in [1.82, 2.24) is 25.9 Å². The fourth-order valence-electron chi connectivity index (χ4n) is 1.25. The summed E-state index contributed by atoms with van der Waals surface area (Å²) in [5.41, 5.74) is 6.11. The molecule has 0 saturated heterocycles. The lowest BCUT2D eigenvalue weighted by Crippen LogP contribution is -2.24. The highest BCUT2D eigenvalue weighted by Crippen LogP contribution is 2.18. The first-order valence-corrected chi connectivity index (χ1v) is 4.76. The van der Waals surface area contributed by atoms with Crippen LogP contribution in [0.3, 0.4) is 0 Å². The van der Waals surface area contributed by atoms with Crippen molar-refractivity contribution < 1.29 is 9.90 Å². The fourth-order valence-corrected chi connectivity index (χ4v) is 1.25. The van der Waals surface area contributed by atoms with Gasteiger partial charge in [0, 0.05) is 5.69 Å². The van der Waals surface area contributed by atoms with E-state index in [0.29, 0.717) is 5.82 Å². The Morgan fingerprint density at radius 3 is 3.06 bits per heavy atom. The number of tetrazole rings is 1. The van der Waals surface area contributed by atoms with Gasteiger partial charge in [-0.05, 0) is 18.2 Å². The molecule has 0 bridgehead atoms. The number of anilines is 1. The first kappa shape index (κ1) is 10.9. The van der Waals surface area contributed by atoms with Gasteiger partial charge in [0.25, 0.3) is 5.91 Å². The van der Waals surface area contributed by atoms with Crippen LogP contribution in [-0.4, -0.2) is 31.6 Å². The van der Waals surface area contributed by atoms with Crippen LogP contribution in [0, 0.1) is 0 Å². The van der Waals surface area contributed by atoms with E-state index in [1.807, 2.05) is 0 Å². The number of nitrogen functional groups attached to an aromatic ring is 1. The minimum absolute atomic E-state index is 0.0242. The molecule has 0 aliphatic rings. The van der Waals surface area contributed by atoms with E-state index in [9.17, 15) is 9.90 Å². The second-order valence-electron chi connectivity index (χ2n) is 3.28. The molecule has 2 rings (SSSR count). The second kappa shape index (κ2) is 4.47. The van der Waals surface area contributed by atoms with E-state index in [4.69, 9.17) is 5.73 Å². The Morgan fingerprint density at radius 2 is 2.35 bits per heavy atom. The van der Waals surface area contributed by atoms with Crippen molar-refractivity contribution in [2.75, 3.05) is 5.73 Å². The number of nitrogens with one attached hydrogen (secondary N) is 2. The van der Waals surface area contributed by atoms with Gasteiger partial charge in [-0.25, -0.2) is 0 Å². The van der Waals surface area contributed by atoms with Crippen LogP contribution in [0.5, 0.6) is 5.75 Å². The van der Waals surface area contributed by atoms with E-state index in [1.54, 1.807) is 0 Å². The van der Waals surface area contributed by atoms with E-state index >= 15 is 0 Å². The summed E-state index contributed by atoms with van der Waals surface area (Å²) < 4.78 is 0. The molecule has 0 unspecified atom stereocenters. The number of aromatic hydroxyl groups is 1. The van der Waals surface area contributed by atoms with E-state index in [0.717, 1.165) is 0 Å². The number of benzene rings is 1. The number of carbonyl (C=O) groups is 1. The summed E-state index contributed by atoms with van der Waals surface area (Å²) in [6.07, 6.45) is 0. The van der Waals surface area contributed by atoms with Crippen molar-refractivity contribution in [2.24, 2.45) is 0 Å². The number of phenols is 1. The smallest absolute Gasteiger partial charge is 0.253 e. The maximum atomic E-state index is 11.7. The van der Waals surface area contributed by atoms with E-state index in [1.165, 1.54) is 18.2 Å². The topological polar surface area (TPSA) is 130 Å². The van der Waals surface area contributed by atoms with Crippen molar-refractivity contribution in [3.05, 3.63) is 29.6 Å². The van der Waals surface area contributed by atoms with Gasteiger partial charge in [-0.1, -0.05) is 5.21 Å². The van der Waals surface area contributed by atoms with Gasteiger partial charge in [0.1, 0.15) is 5.75 Å². The predicted molar refractivity (Wildman–Crippen MR) is 57.9 cm³/mol. The Morgan fingerprint density at radius 1 is 1.53 bits per heavy atom. The monoisotopic (exact) mass is 234 g/mol. The van der Waals surface area contributed by atoms with Crippen molar-refractivity contribution in [3.63, 3.8) is 0 Å². The highest BCUT2D eigenvalue weighted by molar-refractivity contribution is 5.99. The van der Waals surface area contributed by atoms with Crippen LogP contribution in [0.1, 0.15) is 16.2 Å². The summed E-state index contributed by atoms with van der Waals surface area (Å²) >= 11 is 0. The zero-order chi connectivity index (χ0) is 12.3. The van der Waals surface area contributed by atoms with Crippen molar-refractivity contribution in [3.8, 4) is 5.75 Å². The van der Waals surface area contributed by atoms with Crippen LogP contribution in [0.4, 0.5) is 5.69 Å². The number of nitrogens with two attached hydrogens (primary N) is 1. The predicted octanol–water partition coefficient (Wildman–Crippen LogP) is -0.583. The molecule has 0 spiro atoms. The van der Waals surface area contributed by atoms with E-state index in [-0.39, 0.29) is 23.5 Å². The quantitative estimate of drug-likeness (QED) is 0.415. The standard InChI is InChI=1S/C9H10N6O2/c10-7-2-1-5(16)3-6(7)9(17)11-4-8-12-14-15-13-8/h1-3,16H,4,10H2,(H,11,17)(H,12,13,14,15). The maximum absolute atomic E-state index is 11.7. The van der Waals surface area contributed by atoms with Gasteiger partial charge in [-0.15, -0.1) is 10.2 Å². The number of aromatic nitrogens is 4. The fraction of sp³-hybridized carbons (Fsp3) is 0.111. The molecule has 1 aromatic heterocycles. The van der Waals surface area contributed by atoms with Gasteiger partial charge in [0.15, 0.2) is 5.82 Å². The third-order valence-corrected chi connectivity index (χ3v) is 2.08. The van der Waals surface area contributed by atoms with Gasteiger partial charge in [-0.2, -0.15) is 5.21 Å². The number of hydrogen-bond donors (Lipinski definition) is 4. The van der Waals surface area contributed by atoms with Crippen molar-refractivity contribution in [1.29, 1.82) is 0 Å². The van der Waals surface area contributed by atoms with Gasteiger partial charge in [0.2, 0.25) is 0 Å². The number of rotatable bonds is 3. The number of H-pyrrole nitrogens is 1. The SMILES string of the molecule is Nc1ccc(O)cc1C(=O)NCc1nn[nH]n1. The lowest BCUT2D eigenvalue weighted by molar-refractivity contribution is 0.0950. The molecule has 17 heavy (non-hydrogen) atoms. The van der Waals surface area contributed by atoms with Gasteiger partial charge < -0.3 is 16.2 Å². The Balaban J connectivity index is 2.07. The lowest BCUT2D eigenvalue weighted by atomic mass is 10.1. The molecule has 88 valence electrons. The third-order valence-electron chi connectivity index (χ3n) is 2.08. The first-order valence-electron chi connectivity index (χ1n) is 4.76. The number of hydrogen-bond acceptors (Lipinski definition) is 6. The number of nitrogens with zero attached hydrogens (tertiary/aromatic N) is 3. The van der Waals surface area contributed by atoms with Gasteiger partial charge in [-0.3, -0.25) is 4.79 Å². The Kier molecular flexibility index (Phi) is 2.86. The van der Waals surface area contributed by atoms with Gasteiger partial charge in [0.05, 0.1) is 12.1 Å². The molecule has 1 aromatic carbocycles. The highest BCUT2D eigenvalue weighted by atomic mass is 16.3. The summed E-state index contributed by atoms with van der Waals surface area (Å²) in [6, 6.07) is 4.16. The molecule has 0 fully saturated rings. The molecule has 5 N–H and O–H groups in total. The Hall–Kier alpha value is -2.64. The summed E-state index contributed by atoms with van der Waals surface area (Å²) in [7, 11) is 0. The van der Waals surface area contributed by atoms with Crippen molar-refractivity contribution >= 4 is 11.6 Å². The number of aromatic amines is 1. The zero-order valence-corrected chi connectivity index (χ0v) is 8.71. The average Bonchev–Trinajstić information content (AvgIpc) is 2.82. The second-order valence-corrected chi connectivity index (χ2v) is 3.28. The van der Waals surface area contributed by atoms with Crippen LogP contribution < -0.4 is 11.1 Å². The maximum Gasteiger partial charge on any atom is 0.253 e. The molecule has 0 atom stereocenters. The molecule has 1 heterocycles. The van der Waals surface area contributed by atoms with Crippen LogP contribution in [0.2, 0.25) is 0 Å². The summed E-state index contributed by atoms with van der Waals surface area (Å²) in [5.74, 6) is -0.0795. The summed E-state index contributed by atoms with van der Waals surface area (Å²) in [6.45, 7) is 0.129. The molecule has 0 saturated carbocycles. The third kappa shape index (κ3) is 2.48. The minimum Gasteiger partial charge on any atom is -0.508 e. The Labute approximate surface area is 95.8 Å². The lowest BCUT2D eigenvalue weighted by Gasteiger charge is -2.06. The number of amides is 1. The molecule has 1 amide bonds. The Bertz CT molecular complexity index is 524. The molecule has 0 aliphatic heterocycles. The van der Waals surface area contributed by atoms with Gasteiger partial charge >= 0.3 is 0 Å². The van der Waals surface area contributed by atoms with Crippen LogP contribution in [-0.2, 0) is 6.54 Å². The molecular formula is C9H10N6O2. The van der Waals surface area contributed by atoms with Crippen molar-refractivity contribution in [2.45, 2.75) is 6.54 Å². The number of carbonyl (C=O) groups excluding carboxylic acids is 1. The average molecular weight is 234 g/mol. The van der Waals surface area contributed by atoms with E-state index < -0.39 is 5.91 Å². The largest absolute Gasteiger partial charge is 0.508 e. The molecule has 2 aromatic rings. The van der Waals surface area contributed by atoms with Crippen LogP contribution in [0.15, 0.2) is 18.2 Å². The normalized spacial score (nSPS) is 10.1. The molecule has 8 nitrogen and oxygen atoms in total. The minimum atomic E-state index is -0.414. The molecule has 8 heteroatoms. The number of phenolic OH excluding ortho intramolecular Hbond substituents is 1. The van der Waals surface area contributed by atoms with Crippen LogP contribution in [0.25, 0.3) is 0 Å². The first-order chi connectivity index (χ1) is 8.16. The molecule has 0 radical (unpaired) electrons. The zero-order valence-electron chi connectivity index (χ0n) is 8.71. The molecular weight excluding hydrogens is 224 g/mol. The summed E-state index contributed by atoms with van der Waals surface area (Å²) in [4.78, 5) is 11.7. The summed E-state index contributed by atoms with van der Waals surface area (Å²) in [5, 5.41) is 24.8. The van der Waals surface area contributed by atoms with Crippen LogP contribution >= 0.6 is 0 Å². The highest BCUT2D eigenvalue weighted by Gasteiger charge is 2.11. The molecule has 0 aliphatic carbocycles. The van der Waals surface area contributed by atoms with E-state index in [2.05, 4.69) is 25.9 Å².